The van der Waals surface area contributed by atoms with Crippen LogP contribution in [0.15, 0.2) is 170 Å². The van der Waals surface area contributed by atoms with Crippen molar-refractivity contribution in [1.29, 1.82) is 26.3 Å². The Morgan fingerprint density at radius 2 is 0.667 bits per heavy atom. The lowest BCUT2D eigenvalue weighted by Gasteiger charge is -2.20. The number of hydrogen-bond donors (Lipinski definition) is 0. The van der Waals surface area contributed by atoms with Crippen LogP contribution in [0.25, 0.3) is 100 Å². The second-order valence-electron chi connectivity index (χ2n) is 15.7. The van der Waals surface area contributed by atoms with Crippen LogP contribution in [0.2, 0.25) is 0 Å². The normalized spacial score (nSPS) is 11.0. The molecule has 302 valence electrons. The van der Waals surface area contributed by atoms with Crippen molar-refractivity contribution < 1.29 is 0 Å². The Hall–Kier alpha value is -10.2. The third-order valence-corrected chi connectivity index (χ3v) is 11.9. The Balaban J connectivity index is 1.26. The third kappa shape index (κ3) is 6.35. The first-order valence-corrected chi connectivity index (χ1v) is 20.8. The van der Waals surface area contributed by atoms with Crippen molar-refractivity contribution in [3.8, 4) is 87.0 Å². The van der Waals surface area contributed by atoms with Gasteiger partial charge in [0, 0.05) is 49.4 Å². The van der Waals surface area contributed by atoms with Crippen LogP contribution in [-0.2, 0) is 0 Å². The van der Waals surface area contributed by atoms with Crippen LogP contribution >= 0.6 is 0 Å². The van der Waals surface area contributed by atoms with E-state index in [-0.39, 0.29) is 0 Å². The first kappa shape index (κ1) is 38.7. The molecule has 8 aromatic carbocycles. The Morgan fingerprint density at radius 3 is 1.08 bits per heavy atom. The van der Waals surface area contributed by atoms with Gasteiger partial charge in [0.05, 0.1) is 91.6 Å². The number of hydrogen-bond acceptors (Lipinski definition) is 8. The van der Waals surface area contributed by atoms with Crippen molar-refractivity contribution in [2.45, 2.75) is 0 Å². The summed E-state index contributed by atoms with van der Waals surface area (Å²) in [5.74, 6) is 1.45. The molecule has 10 heteroatoms. The highest BCUT2D eigenvalue weighted by molar-refractivity contribution is 6.12. The molecule has 0 saturated heterocycles. The lowest BCUT2D eigenvalue weighted by molar-refractivity contribution is 1.07. The van der Waals surface area contributed by atoms with Crippen LogP contribution in [0, 0.1) is 56.7 Å². The van der Waals surface area contributed by atoms with E-state index in [1.807, 2.05) is 133 Å². The summed E-state index contributed by atoms with van der Waals surface area (Å²) in [6.07, 6.45) is 0. The molecule has 0 spiro atoms. The van der Waals surface area contributed by atoms with Crippen molar-refractivity contribution in [3.63, 3.8) is 0 Å². The Morgan fingerprint density at radius 1 is 0.303 bits per heavy atom. The second kappa shape index (κ2) is 15.6. The van der Waals surface area contributed by atoms with Crippen LogP contribution in [0.1, 0.15) is 27.8 Å². The van der Waals surface area contributed by atoms with Gasteiger partial charge < -0.3 is 9.13 Å². The van der Waals surface area contributed by atoms with Crippen LogP contribution in [-0.4, -0.2) is 24.1 Å². The summed E-state index contributed by atoms with van der Waals surface area (Å²) in [4.78, 5) is 15.1. The standard InChI is InChI=1S/C56H28N10/c57-29-34-12-18-48-43(23-34)44-24-35(30-58)13-19-49(44)65(48)52-22-16-41(56-63-54(39-7-3-1-4-8-39)62-55(64-56)40-9-5-2-6-10-40)28-47(52)42-17-11-38(33-61)27-53(42)66-50-20-14-36(31-59)25-45(50)46-26-37(32-60)15-21-51(46)66/h1-28H. The number of rotatable bonds is 6. The molecule has 0 N–H and O–H groups in total. The summed E-state index contributed by atoms with van der Waals surface area (Å²) < 4.78 is 4.21. The molecule has 11 aromatic rings. The van der Waals surface area contributed by atoms with Gasteiger partial charge in [0.2, 0.25) is 0 Å². The molecule has 0 unspecified atom stereocenters. The Bertz CT molecular complexity index is 3850. The van der Waals surface area contributed by atoms with E-state index in [0.717, 1.165) is 71.6 Å². The lowest BCUT2D eigenvalue weighted by Crippen LogP contribution is -2.04. The van der Waals surface area contributed by atoms with Gasteiger partial charge in [0.25, 0.3) is 0 Å². The molecule has 0 aliphatic heterocycles. The van der Waals surface area contributed by atoms with Crippen molar-refractivity contribution in [1.82, 2.24) is 24.1 Å². The number of nitriles is 5. The van der Waals surface area contributed by atoms with Crippen molar-refractivity contribution >= 4 is 43.6 Å². The quantitative estimate of drug-likeness (QED) is 0.159. The smallest absolute Gasteiger partial charge is 0.164 e. The van der Waals surface area contributed by atoms with Gasteiger partial charge in [-0.2, -0.15) is 26.3 Å². The summed E-state index contributed by atoms with van der Waals surface area (Å²) in [5.41, 5.74) is 10.8. The highest BCUT2D eigenvalue weighted by atomic mass is 15.0. The summed E-state index contributed by atoms with van der Waals surface area (Å²) in [6.45, 7) is 0. The molecule has 0 aliphatic carbocycles. The SMILES string of the molecule is N#Cc1ccc(-c2cc(-c3nc(-c4ccccc4)nc(-c4ccccc4)n3)ccc2-n2c3ccc(C#N)cc3c3cc(C#N)ccc32)c(-n2c3ccc(C#N)cc3c3cc(C#N)ccc32)c1. The van der Waals surface area contributed by atoms with E-state index in [9.17, 15) is 26.3 Å². The minimum Gasteiger partial charge on any atom is -0.309 e. The highest BCUT2D eigenvalue weighted by Gasteiger charge is 2.23. The molecule has 0 amide bonds. The van der Waals surface area contributed by atoms with E-state index in [1.54, 1.807) is 30.3 Å². The second-order valence-corrected chi connectivity index (χ2v) is 15.7. The minimum atomic E-state index is 0.422. The number of nitrogens with zero attached hydrogens (tertiary/aromatic N) is 10. The molecule has 3 heterocycles. The van der Waals surface area contributed by atoms with Crippen LogP contribution in [0.4, 0.5) is 0 Å². The summed E-state index contributed by atoms with van der Waals surface area (Å²) in [7, 11) is 0. The Kier molecular flexibility index (Phi) is 9.17. The van der Waals surface area contributed by atoms with Crippen LogP contribution in [0.3, 0.4) is 0 Å². The van der Waals surface area contributed by atoms with Gasteiger partial charge in [-0.3, -0.25) is 0 Å². The molecular formula is C56H28N10. The average Bonchev–Trinajstić information content (AvgIpc) is 3.89. The molecular weight excluding hydrogens is 813 g/mol. The topological polar surface area (TPSA) is 167 Å². The highest BCUT2D eigenvalue weighted by Crippen LogP contribution is 2.43. The van der Waals surface area contributed by atoms with E-state index in [0.29, 0.717) is 56.5 Å². The minimum absolute atomic E-state index is 0.422. The summed E-state index contributed by atoms with van der Waals surface area (Å²) >= 11 is 0. The van der Waals surface area contributed by atoms with E-state index in [4.69, 9.17) is 15.0 Å². The Labute approximate surface area is 377 Å². The lowest BCUT2D eigenvalue weighted by atomic mass is 9.96. The van der Waals surface area contributed by atoms with E-state index >= 15 is 0 Å². The molecule has 66 heavy (non-hydrogen) atoms. The van der Waals surface area contributed by atoms with Crippen molar-refractivity contribution in [3.05, 3.63) is 198 Å². The molecule has 0 radical (unpaired) electrons. The first-order valence-electron chi connectivity index (χ1n) is 20.8. The fraction of sp³-hybridized carbons (Fsp3) is 0. The molecule has 11 rings (SSSR count). The van der Waals surface area contributed by atoms with E-state index < -0.39 is 0 Å². The number of aromatic nitrogens is 5. The number of benzene rings is 8. The maximum absolute atomic E-state index is 10.4. The largest absolute Gasteiger partial charge is 0.309 e. The first-order chi connectivity index (χ1) is 32.5. The molecule has 0 bridgehead atoms. The van der Waals surface area contributed by atoms with Gasteiger partial charge >= 0.3 is 0 Å². The molecule has 0 aliphatic rings. The monoisotopic (exact) mass is 840 g/mol. The zero-order chi connectivity index (χ0) is 44.9. The number of fused-ring (bicyclic) bond motifs is 6. The predicted molar refractivity (Wildman–Crippen MR) is 254 cm³/mol. The predicted octanol–water partition coefficient (Wildman–Crippen LogP) is 12.1. The fourth-order valence-corrected chi connectivity index (χ4v) is 8.88. The average molecular weight is 841 g/mol. The summed E-state index contributed by atoms with van der Waals surface area (Å²) in [6, 6.07) is 64.7. The van der Waals surface area contributed by atoms with Crippen molar-refractivity contribution in [2.24, 2.45) is 0 Å². The van der Waals surface area contributed by atoms with Crippen LogP contribution < -0.4 is 0 Å². The maximum atomic E-state index is 10.4. The molecule has 0 atom stereocenters. The van der Waals surface area contributed by atoms with Gasteiger partial charge in [-0.25, -0.2) is 15.0 Å². The van der Waals surface area contributed by atoms with Crippen molar-refractivity contribution in [2.75, 3.05) is 0 Å². The van der Waals surface area contributed by atoms with Gasteiger partial charge in [0.15, 0.2) is 17.5 Å². The third-order valence-electron chi connectivity index (χ3n) is 11.9. The van der Waals surface area contributed by atoms with Gasteiger partial charge in [-0.1, -0.05) is 66.7 Å². The zero-order valence-corrected chi connectivity index (χ0v) is 34.6. The molecule has 10 nitrogen and oxygen atoms in total. The molecule has 0 saturated carbocycles. The maximum Gasteiger partial charge on any atom is 0.164 e. The molecule has 0 fully saturated rings. The fourth-order valence-electron chi connectivity index (χ4n) is 8.88. The van der Waals surface area contributed by atoms with E-state index in [1.165, 1.54) is 0 Å². The molecule has 3 aromatic heterocycles. The zero-order valence-electron chi connectivity index (χ0n) is 34.6. The van der Waals surface area contributed by atoms with Gasteiger partial charge in [0.1, 0.15) is 0 Å². The van der Waals surface area contributed by atoms with E-state index in [2.05, 4.69) is 45.5 Å². The van der Waals surface area contributed by atoms with Gasteiger partial charge in [-0.15, -0.1) is 0 Å². The van der Waals surface area contributed by atoms with Gasteiger partial charge in [-0.05, 0) is 103 Å². The van der Waals surface area contributed by atoms with Crippen LogP contribution in [0.5, 0.6) is 0 Å². The summed E-state index contributed by atoms with van der Waals surface area (Å²) in [5, 5.41) is 53.6.